The van der Waals surface area contributed by atoms with Gasteiger partial charge in [0.25, 0.3) is 0 Å². The Hall–Kier alpha value is -1.89. The third kappa shape index (κ3) is 28.5. The van der Waals surface area contributed by atoms with Crippen LogP contribution in [0, 0.1) is 5.92 Å². The lowest BCUT2D eigenvalue weighted by Crippen LogP contribution is -2.43. The van der Waals surface area contributed by atoms with Gasteiger partial charge in [0, 0.05) is 25.2 Å². The highest BCUT2D eigenvalue weighted by Crippen LogP contribution is 2.36. The van der Waals surface area contributed by atoms with E-state index in [1.165, 1.54) is 44.9 Å². The first-order valence-electron chi connectivity index (χ1n) is 20.7. The molecule has 1 heterocycles. The Bertz CT molecular complexity index is 1090. The van der Waals surface area contributed by atoms with Crippen molar-refractivity contribution < 1.29 is 58.0 Å². The maximum Gasteiger partial charge on any atom is 0.469 e. The third-order valence-electron chi connectivity index (χ3n) is 9.43. The van der Waals surface area contributed by atoms with Crippen molar-refractivity contribution in [2.45, 2.75) is 192 Å². The summed E-state index contributed by atoms with van der Waals surface area (Å²) in [6.45, 7) is 3.32. The number of phosphoric ester groups is 1. The predicted octanol–water partition coefficient (Wildman–Crippen LogP) is 8.29. The van der Waals surface area contributed by atoms with Crippen molar-refractivity contribution in [3.63, 3.8) is 0 Å². The van der Waals surface area contributed by atoms with E-state index in [9.17, 15) is 29.5 Å². The van der Waals surface area contributed by atoms with E-state index < -0.39 is 57.1 Å². The number of esters is 2. The number of carbonyl (C=O) groups excluding carboxylic acids is 2. The second-order valence-electron chi connectivity index (χ2n) is 14.5. The zero-order chi connectivity index (χ0) is 39.9. The standard InChI is InChI=1S/C41H73O12P/c1-3-5-7-8-9-10-11-12-13-14-15-16-17-18-24-28-40(45)52-35(33-51-54(47,48)49)32-50-39(44)27-23-20-19-22-26-36-37(43)31-41(46)53-38(36)30-29-34(42)25-21-6-4-2/h10-11,19,22,29-30,34-38,41-43,46H,3-9,12-18,20-21,23-28,31-33H2,1-2H3,(H2,47,48,49)/b11-10-,22-19-,30-29+/t34-,35+,36-,37-,38+,41?/m0/s1. The van der Waals surface area contributed by atoms with E-state index in [-0.39, 0.29) is 31.8 Å². The maximum atomic E-state index is 12.4. The quantitative estimate of drug-likeness (QED) is 0.0186. The molecule has 0 radical (unpaired) electrons. The molecule has 1 aliphatic rings. The SMILES string of the molecule is CCCCCC/C=C\CCCCCCCCCC(=O)O[C@H](COC(=O)CCC/C=C\C[C@H]1[C@@H](O)CC(O)O[C@@H]1/C=C/[C@@H](O)CCCCC)COP(=O)(O)O. The van der Waals surface area contributed by atoms with Gasteiger partial charge >= 0.3 is 19.8 Å². The van der Waals surface area contributed by atoms with Crippen molar-refractivity contribution in [2.24, 2.45) is 5.92 Å². The average Bonchev–Trinajstić information content (AvgIpc) is 3.12. The van der Waals surface area contributed by atoms with Crippen LogP contribution in [0.4, 0.5) is 0 Å². The van der Waals surface area contributed by atoms with Crippen LogP contribution in [-0.4, -0.2) is 81.0 Å². The zero-order valence-electron chi connectivity index (χ0n) is 33.1. The summed E-state index contributed by atoms with van der Waals surface area (Å²) < 4.78 is 32.0. The first-order chi connectivity index (χ1) is 25.9. The lowest BCUT2D eigenvalue weighted by Gasteiger charge is -2.36. The van der Waals surface area contributed by atoms with Crippen LogP contribution < -0.4 is 0 Å². The fourth-order valence-electron chi connectivity index (χ4n) is 6.23. The lowest BCUT2D eigenvalue weighted by atomic mass is 9.87. The smallest absolute Gasteiger partial charge is 0.462 e. The molecule has 314 valence electrons. The Morgan fingerprint density at radius 3 is 2.00 bits per heavy atom. The molecule has 13 heteroatoms. The second-order valence-corrected chi connectivity index (χ2v) is 15.7. The number of unbranched alkanes of at least 4 members (excludes halogenated alkanes) is 14. The lowest BCUT2D eigenvalue weighted by molar-refractivity contribution is -0.199. The molecule has 0 aliphatic carbocycles. The summed E-state index contributed by atoms with van der Waals surface area (Å²) in [6.07, 6.45) is 27.7. The molecule has 0 aromatic carbocycles. The van der Waals surface area contributed by atoms with Gasteiger partial charge < -0.3 is 39.3 Å². The van der Waals surface area contributed by atoms with Gasteiger partial charge in [-0.1, -0.05) is 121 Å². The van der Waals surface area contributed by atoms with Crippen molar-refractivity contribution in [1.82, 2.24) is 0 Å². The molecule has 1 unspecified atom stereocenters. The normalized spacial score (nSPS) is 20.6. The number of aliphatic hydroxyl groups excluding tert-OH is 3. The molecule has 0 saturated carbocycles. The van der Waals surface area contributed by atoms with E-state index in [2.05, 4.69) is 30.5 Å². The monoisotopic (exact) mass is 788 g/mol. The van der Waals surface area contributed by atoms with Crippen LogP contribution >= 0.6 is 7.82 Å². The molecular formula is C41H73O12P. The average molecular weight is 789 g/mol. The number of aliphatic hydroxyl groups is 3. The molecule has 0 aromatic rings. The van der Waals surface area contributed by atoms with Gasteiger partial charge in [0.2, 0.25) is 0 Å². The Morgan fingerprint density at radius 2 is 1.33 bits per heavy atom. The Morgan fingerprint density at radius 1 is 0.759 bits per heavy atom. The van der Waals surface area contributed by atoms with Gasteiger partial charge in [0.05, 0.1) is 24.9 Å². The Labute approximate surface area is 325 Å². The van der Waals surface area contributed by atoms with Crippen LogP contribution in [0.1, 0.15) is 162 Å². The minimum absolute atomic E-state index is 0.0722. The molecule has 5 N–H and O–H groups in total. The second kappa shape index (κ2) is 32.2. The van der Waals surface area contributed by atoms with Gasteiger partial charge in [-0.05, 0) is 57.8 Å². The summed E-state index contributed by atoms with van der Waals surface area (Å²) >= 11 is 0. The molecule has 0 bridgehead atoms. The van der Waals surface area contributed by atoms with Gasteiger partial charge in [-0.25, -0.2) is 4.57 Å². The van der Waals surface area contributed by atoms with Crippen LogP contribution in [-0.2, 0) is 32.9 Å². The molecule has 6 atom stereocenters. The van der Waals surface area contributed by atoms with Crippen molar-refractivity contribution >= 4 is 19.8 Å². The number of hydrogen-bond donors (Lipinski definition) is 5. The minimum atomic E-state index is -4.82. The van der Waals surface area contributed by atoms with Gasteiger partial charge in [0.1, 0.15) is 6.61 Å². The number of allylic oxidation sites excluding steroid dienone is 4. The van der Waals surface area contributed by atoms with Gasteiger partial charge in [-0.3, -0.25) is 14.1 Å². The summed E-state index contributed by atoms with van der Waals surface area (Å²) in [5.41, 5.74) is 0. The van der Waals surface area contributed by atoms with Gasteiger partial charge in [0.15, 0.2) is 12.4 Å². The predicted molar refractivity (Wildman–Crippen MR) is 210 cm³/mol. The summed E-state index contributed by atoms with van der Waals surface area (Å²) in [6, 6.07) is 0. The van der Waals surface area contributed by atoms with Crippen LogP contribution in [0.5, 0.6) is 0 Å². The summed E-state index contributed by atoms with van der Waals surface area (Å²) in [5, 5.41) is 30.8. The fourth-order valence-corrected chi connectivity index (χ4v) is 6.59. The summed E-state index contributed by atoms with van der Waals surface area (Å²) in [5.74, 6) is -1.39. The molecule has 1 aliphatic heterocycles. The molecule has 1 rings (SSSR count). The van der Waals surface area contributed by atoms with Crippen LogP contribution in [0.2, 0.25) is 0 Å². The number of hydrogen-bond acceptors (Lipinski definition) is 10. The molecule has 1 fully saturated rings. The van der Waals surface area contributed by atoms with E-state index in [1.54, 1.807) is 12.2 Å². The van der Waals surface area contributed by atoms with Crippen molar-refractivity contribution in [3.05, 3.63) is 36.5 Å². The molecule has 0 amide bonds. The molecule has 12 nitrogen and oxygen atoms in total. The first-order valence-corrected chi connectivity index (χ1v) is 22.2. The van der Waals surface area contributed by atoms with E-state index in [0.29, 0.717) is 32.1 Å². The number of phosphoric acid groups is 1. The van der Waals surface area contributed by atoms with Gasteiger partial charge in [-0.2, -0.15) is 0 Å². The number of ether oxygens (including phenoxy) is 3. The van der Waals surface area contributed by atoms with E-state index in [4.69, 9.17) is 24.0 Å². The molecule has 1 saturated heterocycles. The van der Waals surface area contributed by atoms with Crippen molar-refractivity contribution in [3.8, 4) is 0 Å². The molecule has 0 aromatic heterocycles. The highest BCUT2D eigenvalue weighted by atomic mass is 31.2. The van der Waals surface area contributed by atoms with Crippen LogP contribution in [0.3, 0.4) is 0 Å². The zero-order valence-corrected chi connectivity index (χ0v) is 34.0. The van der Waals surface area contributed by atoms with Crippen LogP contribution in [0.15, 0.2) is 36.5 Å². The third-order valence-corrected chi connectivity index (χ3v) is 9.91. The van der Waals surface area contributed by atoms with Crippen molar-refractivity contribution in [2.75, 3.05) is 13.2 Å². The number of carbonyl (C=O) groups is 2. The summed E-state index contributed by atoms with van der Waals surface area (Å²) in [7, 11) is -4.82. The largest absolute Gasteiger partial charge is 0.469 e. The van der Waals surface area contributed by atoms with E-state index in [1.807, 2.05) is 12.2 Å². The van der Waals surface area contributed by atoms with E-state index >= 15 is 0 Å². The maximum absolute atomic E-state index is 12.4. The molecular weight excluding hydrogens is 715 g/mol. The Balaban J connectivity index is 2.34. The first kappa shape index (κ1) is 50.1. The summed E-state index contributed by atoms with van der Waals surface area (Å²) in [4.78, 5) is 43.0. The topological polar surface area (TPSA) is 189 Å². The van der Waals surface area contributed by atoms with E-state index in [0.717, 1.165) is 51.4 Å². The highest BCUT2D eigenvalue weighted by Gasteiger charge is 2.35. The van der Waals surface area contributed by atoms with Crippen LogP contribution in [0.25, 0.3) is 0 Å². The number of rotatable bonds is 33. The molecule has 54 heavy (non-hydrogen) atoms. The molecule has 0 spiro atoms. The van der Waals surface area contributed by atoms with Gasteiger partial charge in [-0.15, -0.1) is 0 Å². The van der Waals surface area contributed by atoms with Crippen molar-refractivity contribution in [1.29, 1.82) is 0 Å². The highest BCUT2D eigenvalue weighted by molar-refractivity contribution is 7.46. The minimum Gasteiger partial charge on any atom is -0.462 e. The fraction of sp³-hybridized carbons (Fsp3) is 0.805. The Kier molecular flexibility index (Phi) is 29.9.